The second kappa shape index (κ2) is 5.90. The molecule has 1 saturated heterocycles. The molecule has 1 aromatic rings. The van der Waals surface area contributed by atoms with Crippen LogP contribution in [0.15, 0.2) is 23.1 Å². The Morgan fingerprint density at radius 2 is 2.25 bits per heavy atom. The van der Waals surface area contributed by atoms with Gasteiger partial charge in [-0.2, -0.15) is 0 Å². The second-order valence-electron chi connectivity index (χ2n) is 4.92. The quantitative estimate of drug-likeness (QED) is 0.822. The van der Waals surface area contributed by atoms with E-state index in [0.29, 0.717) is 25.3 Å². The molecule has 1 fully saturated rings. The van der Waals surface area contributed by atoms with Gasteiger partial charge in [-0.1, -0.05) is 6.07 Å². The number of carbonyl (C=O) groups excluding carboxylic acids is 1. The number of primary amides is 1. The number of nitrogens with one attached hydrogen (secondary N) is 1. The normalized spacial score (nSPS) is 19.1. The number of hydrogen-bond donors (Lipinski definition) is 2. The van der Waals surface area contributed by atoms with E-state index in [9.17, 15) is 13.2 Å². The van der Waals surface area contributed by atoms with Gasteiger partial charge in [0, 0.05) is 18.7 Å². The van der Waals surface area contributed by atoms with Crippen LogP contribution in [0.1, 0.15) is 22.3 Å². The summed E-state index contributed by atoms with van der Waals surface area (Å²) in [5, 5.41) is 0. The van der Waals surface area contributed by atoms with Gasteiger partial charge in [-0.05, 0) is 37.0 Å². The Hall–Kier alpha value is -1.44. The summed E-state index contributed by atoms with van der Waals surface area (Å²) in [5.41, 5.74) is 6.10. The van der Waals surface area contributed by atoms with Gasteiger partial charge in [-0.3, -0.25) is 4.79 Å². The van der Waals surface area contributed by atoms with Crippen LogP contribution < -0.4 is 10.5 Å². The fourth-order valence-corrected chi connectivity index (χ4v) is 3.23. The van der Waals surface area contributed by atoms with Crippen molar-refractivity contribution >= 4 is 15.9 Å². The standard InChI is InChI=1S/C13H18N2O4S/c1-9-2-3-11(6-12(9)13(14)16)20(17,18)15-7-10-4-5-19-8-10/h2-3,6,10,15H,4-5,7-8H2,1H3,(H2,14,16)/t10-/m0/s1. The molecule has 1 aliphatic rings. The van der Waals surface area contributed by atoms with Gasteiger partial charge in [-0.25, -0.2) is 13.1 Å². The van der Waals surface area contributed by atoms with Crippen molar-refractivity contribution in [1.29, 1.82) is 0 Å². The molecule has 0 aliphatic carbocycles. The molecule has 1 heterocycles. The predicted octanol–water partition coefficient (Wildman–Crippen LogP) is 0.409. The van der Waals surface area contributed by atoms with Crippen molar-refractivity contribution in [2.24, 2.45) is 11.7 Å². The van der Waals surface area contributed by atoms with E-state index in [-0.39, 0.29) is 16.4 Å². The van der Waals surface area contributed by atoms with Crippen molar-refractivity contribution in [2.75, 3.05) is 19.8 Å². The number of carbonyl (C=O) groups is 1. The maximum atomic E-state index is 12.2. The van der Waals surface area contributed by atoms with Gasteiger partial charge in [0.2, 0.25) is 15.9 Å². The van der Waals surface area contributed by atoms with E-state index in [1.54, 1.807) is 13.0 Å². The SMILES string of the molecule is Cc1ccc(S(=O)(=O)NC[C@@H]2CCOC2)cc1C(N)=O. The highest BCUT2D eigenvalue weighted by atomic mass is 32.2. The first kappa shape index (κ1) is 15.0. The summed E-state index contributed by atoms with van der Waals surface area (Å²) >= 11 is 0. The van der Waals surface area contributed by atoms with Gasteiger partial charge < -0.3 is 10.5 Å². The van der Waals surface area contributed by atoms with Crippen LogP contribution in [-0.2, 0) is 14.8 Å². The highest BCUT2D eigenvalue weighted by molar-refractivity contribution is 7.89. The maximum Gasteiger partial charge on any atom is 0.249 e. The van der Waals surface area contributed by atoms with Gasteiger partial charge >= 0.3 is 0 Å². The van der Waals surface area contributed by atoms with Crippen LogP contribution in [0.5, 0.6) is 0 Å². The third kappa shape index (κ3) is 3.36. The highest BCUT2D eigenvalue weighted by Gasteiger charge is 2.21. The largest absolute Gasteiger partial charge is 0.381 e. The topological polar surface area (TPSA) is 98.5 Å². The van der Waals surface area contributed by atoms with E-state index >= 15 is 0 Å². The molecule has 1 amide bonds. The lowest BCUT2D eigenvalue weighted by atomic mass is 10.1. The monoisotopic (exact) mass is 298 g/mol. The smallest absolute Gasteiger partial charge is 0.249 e. The molecule has 0 radical (unpaired) electrons. The minimum atomic E-state index is -3.63. The number of sulfonamides is 1. The van der Waals surface area contributed by atoms with Crippen LogP contribution in [0, 0.1) is 12.8 Å². The number of amides is 1. The molecule has 1 aromatic carbocycles. The van der Waals surface area contributed by atoms with Crippen molar-refractivity contribution in [3.05, 3.63) is 29.3 Å². The molecule has 2 rings (SSSR count). The van der Waals surface area contributed by atoms with Crippen LogP contribution >= 0.6 is 0 Å². The van der Waals surface area contributed by atoms with E-state index in [2.05, 4.69) is 4.72 Å². The van der Waals surface area contributed by atoms with E-state index < -0.39 is 15.9 Å². The van der Waals surface area contributed by atoms with Crippen molar-refractivity contribution in [2.45, 2.75) is 18.2 Å². The molecule has 1 atom stereocenters. The number of benzene rings is 1. The lowest BCUT2D eigenvalue weighted by Gasteiger charge is -2.11. The average Bonchev–Trinajstić information content (AvgIpc) is 2.89. The van der Waals surface area contributed by atoms with Crippen molar-refractivity contribution in [3.63, 3.8) is 0 Å². The third-order valence-corrected chi connectivity index (χ3v) is 4.79. The van der Waals surface area contributed by atoms with Crippen LogP contribution in [0.2, 0.25) is 0 Å². The van der Waals surface area contributed by atoms with Crippen molar-refractivity contribution < 1.29 is 17.9 Å². The van der Waals surface area contributed by atoms with E-state index in [0.717, 1.165) is 6.42 Å². The van der Waals surface area contributed by atoms with Crippen LogP contribution in [0.25, 0.3) is 0 Å². The molecular formula is C13H18N2O4S. The molecule has 0 unspecified atom stereocenters. The van der Waals surface area contributed by atoms with E-state index in [1.807, 2.05) is 0 Å². The molecule has 6 nitrogen and oxygen atoms in total. The lowest BCUT2D eigenvalue weighted by molar-refractivity contribution is 0.0999. The van der Waals surface area contributed by atoms with Crippen LogP contribution in [0.4, 0.5) is 0 Å². The van der Waals surface area contributed by atoms with E-state index in [4.69, 9.17) is 10.5 Å². The number of rotatable bonds is 5. The number of nitrogens with two attached hydrogens (primary N) is 1. The van der Waals surface area contributed by atoms with Gasteiger partial charge in [0.05, 0.1) is 11.5 Å². The molecule has 3 N–H and O–H groups in total. The van der Waals surface area contributed by atoms with Crippen LogP contribution in [-0.4, -0.2) is 34.1 Å². The Balaban J connectivity index is 2.16. The summed E-state index contributed by atoms with van der Waals surface area (Å²) in [4.78, 5) is 11.3. The molecule has 1 aliphatic heterocycles. The zero-order valence-electron chi connectivity index (χ0n) is 11.3. The molecular weight excluding hydrogens is 280 g/mol. The first-order valence-electron chi connectivity index (χ1n) is 6.38. The van der Waals surface area contributed by atoms with Gasteiger partial charge in [0.1, 0.15) is 0 Å². The average molecular weight is 298 g/mol. The number of ether oxygens (including phenoxy) is 1. The number of hydrogen-bond acceptors (Lipinski definition) is 4. The highest BCUT2D eigenvalue weighted by Crippen LogP contribution is 2.17. The lowest BCUT2D eigenvalue weighted by Crippen LogP contribution is -2.30. The third-order valence-electron chi connectivity index (χ3n) is 3.37. The van der Waals surface area contributed by atoms with Gasteiger partial charge in [0.25, 0.3) is 0 Å². The van der Waals surface area contributed by atoms with Gasteiger partial charge in [0.15, 0.2) is 0 Å². The molecule has 0 saturated carbocycles. The van der Waals surface area contributed by atoms with Crippen molar-refractivity contribution in [1.82, 2.24) is 4.72 Å². The number of aryl methyl sites for hydroxylation is 1. The minimum absolute atomic E-state index is 0.0517. The van der Waals surface area contributed by atoms with Crippen molar-refractivity contribution in [3.8, 4) is 0 Å². The second-order valence-corrected chi connectivity index (χ2v) is 6.69. The predicted molar refractivity (Wildman–Crippen MR) is 73.8 cm³/mol. The summed E-state index contributed by atoms with van der Waals surface area (Å²) in [7, 11) is -3.63. The Labute approximate surface area is 118 Å². The molecule has 110 valence electrons. The minimum Gasteiger partial charge on any atom is -0.381 e. The molecule has 0 aromatic heterocycles. The Morgan fingerprint density at radius 1 is 1.50 bits per heavy atom. The fourth-order valence-electron chi connectivity index (χ4n) is 2.09. The van der Waals surface area contributed by atoms with Gasteiger partial charge in [-0.15, -0.1) is 0 Å². The summed E-state index contributed by atoms with van der Waals surface area (Å²) in [5.74, 6) is -0.436. The van der Waals surface area contributed by atoms with E-state index in [1.165, 1.54) is 12.1 Å². The molecule has 0 bridgehead atoms. The maximum absolute atomic E-state index is 12.2. The molecule has 0 spiro atoms. The zero-order valence-corrected chi connectivity index (χ0v) is 12.1. The fraction of sp³-hybridized carbons (Fsp3) is 0.462. The first-order chi connectivity index (χ1) is 9.40. The summed E-state index contributed by atoms with van der Waals surface area (Å²) in [6.45, 7) is 3.29. The zero-order chi connectivity index (χ0) is 14.8. The molecule has 7 heteroatoms. The summed E-state index contributed by atoms with van der Waals surface area (Å²) < 4.78 is 32.1. The summed E-state index contributed by atoms with van der Waals surface area (Å²) in [6.07, 6.45) is 0.850. The van der Waals surface area contributed by atoms with Crippen LogP contribution in [0.3, 0.4) is 0 Å². The first-order valence-corrected chi connectivity index (χ1v) is 7.86. The molecule has 20 heavy (non-hydrogen) atoms. The summed E-state index contributed by atoms with van der Waals surface area (Å²) in [6, 6.07) is 4.35. The Bertz CT molecular complexity index is 607. The Morgan fingerprint density at radius 3 is 2.85 bits per heavy atom. The Kier molecular flexibility index (Phi) is 4.42.